The van der Waals surface area contributed by atoms with E-state index in [1.54, 1.807) is 4.90 Å². The number of benzene rings is 2. The molecule has 2 aromatic rings. The number of carbonyl (C=O) groups excluding carboxylic acids is 2. The Kier molecular flexibility index (Phi) is 8.73. The SMILES string of the molecule is CCCCNC(=O)C(C)N(CCc1ccccc1)C(=O)Cc1ccccc1C. The van der Waals surface area contributed by atoms with E-state index in [0.717, 1.165) is 36.0 Å². The maximum absolute atomic E-state index is 13.1. The molecule has 4 nitrogen and oxygen atoms in total. The van der Waals surface area contributed by atoms with E-state index in [1.807, 2.05) is 56.3 Å². The van der Waals surface area contributed by atoms with E-state index in [1.165, 1.54) is 0 Å². The number of nitrogens with one attached hydrogen (secondary N) is 1. The molecule has 28 heavy (non-hydrogen) atoms. The van der Waals surface area contributed by atoms with Gasteiger partial charge < -0.3 is 10.2 Å². The van der Waals surface area contributed by atoms with Crippen molar-refractivity contribution < 1.29 is 9.59 Å². The fraction of sp³-hybridized carbons (Fsp3) is 0.417. The van der Waals surface area contributed by atoms with Gasteiger partial charge in [0.15, 0.2) is 0 Å². The van der Waals surface area contributed by atoms with Crippen LogP contribution in [-0.2, 0) is 22.4 Å². The highest BCUT2D eigenvalue weighted by atomic mass is 16.2. The molecule has 0 bridgehead atoms. The minimum absolute atomic E-state index is 0.0108. The highest BCUT2D eigenvalue weighted by Crippen LogP contribution is 2.12. The zero-order valence-electron chi connectivity index (χ0n) is 17.3. The topological polar surface area (TPSA) is 49.4 Å². The number of hydrogen-bond donors (Lipinski definition) is 1. The van der Waals surface area contributed by atoms with Gasteiger partial charge in [-0.25, -0.2) is 0 Å². The number of nitrogens with zero attached hydrogens (tertiary/aromatic N) is 1. The summed E-state index contributed by atoms with van der Waals surface area (Å²) in [6, 6.07) is 17.5. The molecule has 0 saturated carbocycles. The van der Waals surface area contributed by atoms with Crippen LogP contribution in [0.1, 0.15) is 43.4 Å². The second kappa shape index (κ2) is 11.3. The number of unbranched alkanes of at least 4 members (excludes halogenated alkanes) is 1. The first-order valence-electron chi connectivity index (χ1n) is 10.2. The minimum Gasteiger partial charge on any atom is -0.354 e. The van der Waals surface area contributed by atoms with Gasteiger partial charge in [0, 0.05) is 13.1 Å². The monoisotopic (exact) mass is 380 g/mol. The molecular formula is C24H32N2O2. The summed E-state index contributed by atoms with van der Waals surface area (Å²) in [5.74, 6) is -0.0944. The van der Waals surface area contributed by atoms with Gasteiger partial charge in [-0.1, -0.05) is 67.9 Å². The highest BCUT2D eigenvalue weighted by Gasteiger charge is 2.25. The average Bonchev–Trinajstić information content (AvgIpc) is 2.70. The Bertz CT molecular complexity index is 758. The predicted octanol–water partition coefficient (Wildman–Crippen LogP) is 3.91. The van der Waals surface area contributed by atoms with Crippen LogP contribution in [0.5, 0.6) is 0 Å². The Morgan fingerprint density at radius 2 is 1.71 bits per heavy atom. The van der Waals surface area contributed by atoms with Crippen LogP contribution in [0.15, 0.2) is 54.6 Å². The molecule has 0 spiro atoms. The second-order valence-corrected chi connectivity index (χ2v) is 7.25. The molecule has 1 N–H and O–H groups in total. The molecule has 0 radical (unpaired) electrons. The zero-order chi connectivity index (χ0) is 20.4. The third-order valence-corrected chi connectivity index (χ3v) is 5.08. The summed E-state index contributed by atoms with van der Waals surface area (Å²) in [5.41, 5.74) is 3.27. The largest absolute Gasteiger partial charge is 0.354 e. The smallest absolute Gasteiger partial charge is 0.242 e. The van der Waals surface area contributed by atoms with E-state index < -0.39 is 6.04 Å². The zero-order valence-corrected chi connectivity index (χ0v) is 17.3. The molecule has 0 heterocycles. The molecule has 2 rings (SSSR count). The van der Waals surface area contributed by atoms with E-state index in [0.29, 0.717) is 19.5 Å². The van der Waals surface area contributed by atoms with Crippen molar-refractivity contribution in [1.82, 2.24) is 10.2 Å². The van der Waals surface area contributed by atoms with Crippen LogP contribution in [0.3, 0.4) is 0 Å². The molecule has 0 saturated heterocycles. The van der Waals surface area contributed by atoms with Crippen LogP contribution in [-0.4, -0.2) is 35.8 Å². The van der Waals surface area contributed by atoms with Gasteiger partial charge in [-0.2, -0.15) is 0 Å². The molecule has 0 aliphatic carbocycles. The minimum atomic E-state index is -0.489. The maximum Gasteiger partial charge on any atom is 0.242 e. The third kappa shape index (κ3) is 6.52. The summed E-state index contributed by atoms with van der Waals surface area (Å²) in [6.07, 6.45) is 3.01. The number of carbonyl (C=O) groups is 2. The molecule has 2 amide bonds. The first-order valence-corrected chi connectivity index (χ1v) is 10.2. The average molecular weight is 381 g/mol. The van der Waals surface area contributed by atoms with Crippen molar-refractivity contribution in [3.8, 4) is 0 Å². The second-order valence-electron chi connectivity index (χ2n) is 7.25. The summed E-state index contributed by atoms with van der Waals surface area (Å²) < 4.78 is 0. The molecule has 2 aromatic carbocycles. The molecule has 150 valence electrons. The van der Waals surface area contributed by atoms with Crippen molar-refractivity contribution in [2.75, 3.05) is 13.1 Å². The first kappa shape index (κ1) is 21.7. The Morgan fingerprint density at radius 1 is 1.04 bits per heavy atom. The fourth-order valence-electron chi connectivity index (χ4n) is 3.18. The van der Waals surface area contributed by atoms with Crippen molar-refractivity contribution in [3.05, 3.63) is 71.3 Å². The van der Waals surface area contributed by atoms with Crippen LogP contribution in [0.2, 0.25) is 0 Å². The van der Waals surface area contributed by atoms with Crippen molar-refractivity contribution in [2.24, 2.45) is 0 Å². The van der Waals surface area contributed by atoms with E-state index >= 15 is 0 Å². The van der Waals surface area contributed by atoms with Crippen molar-refractivity contribution in [3.63, 3.8) is 0 Å². The number of amides is 2. The van der Waals surface area contributed by atoms with Gasteiger partial charge >= 0.3 is 0 Å². The predicted molar refractivity (Wildman–Crippen MR) is 114 cm³/mol. The molecule has 1 unspecified atom stereocenters. The normalized spacial score (nSPS) is 11.7. The lowest BCUT2D eigenvalue weighted by molar-refractivity contribution is -0.139. The lowest BCUT2D eigenvalue weighted by Gasteiger charge is -2.29. The Labute approximate surface area is 169 Å². The van der Waals surface area contributed by atoms with Gasteiger partial charge in [0.05, 0.1) is 6.42 Å². The fourth-order valence-corrected chi connectivity index (χ4v) is 3.18. The Hall–Kier alpha value is -2.62. The molecular weight excluding hydrogens is 348 g/mol. The van der Waals surface area contributed by atoms with Gasteiger partial charge in [-0.05, 0) is 43.4 Å². The highest BCUT2D eigenvalue weighted by molar-refractivity contribution is 5.88. The maximum atomic E-state index is 13.1. The van der Waals surface area contributed by atoms with Crippen molar-refractivity contribution in [2.45, 2.75) is 52.5 Å². The molecule has 0 aromatic heterocycles. The van der Waals surface area contributed by atoms with E-state index in [2.05, 4.69) is 24.4 Å². The molecule has 1 atom stereocenters. The van der Waals surface area contributed by atoms with Gasteiger partial charge in [0.25, 0.3) is 0 Å². The molecule has 0 aliphatic heterocycles. The van der Waals surface area contributed by atoms with Gasteiger partial charge in [-0.15, -0.1) is 0 Å². The summed E-state index contributed by atoms with van der Waals surface area (Å²) in [7, 11) is 0. The molecule has 4 heteroatoms. The van der Waals surface area contributed by atoms with Gasteiger partial charge in [0.2, 0.25) is 11.8 Å². The van der Waals surface area contributed by atoms with Crippen LogP contribution in [0.4, 0.5) is 0 Å². The summed E-state index contributed by atoms with van der Waals surface area (Å²) >= 11 is 0. The summed E-state index contributed by atoms with van der Waals surface area (Å²) in [6.45, 7) is 7.10. The van der Waals surface area contributed by atoms with E-state index in [4.69, 9.17) is 0 Å². The number of hydrogen-bond acceptors (Lipinski definition) is 2. The van der Waals surface area contributed by atoms with Gasteiger partial charge in [-0.3, -0.25) is 9.59 Å². The van der Waals surface area contributed by atoms with Crippen LogP contribution in [0.25, 0.3) is 0 Å². The van der Waals surface area contributed by atoms with Crippen LogP contribution in [0, 0.1) is 6.92 Å². The summed E-state index contributed by atoms with van der Waals surface area (Å²) in [4.78, 5) is 27.4. The standard InChI is InChI=1S/C24H32N2O2/c1-4-5-16-25-24(28)20(3)26(17-15-21-12-7-6-8-13-21)23(27)18-22-14-10-9-11-19(22)2/h6-14,20H,4-5,15-18H2,1-3H3,(H,25,28). The lowest BCUT2D eigenvalue weighted by atomic mass is 10.0. The first-order chi connectivity index (χ1) is 13.5. The Morgan fingerprint density at radius 3 is 2.39 bits per heavy atom. The van der Waals surface area contributed by atoms with Crippen molar-refractivity contribution >= 4 is 11.8 Å². The number of rotatable bonds is 10. The third-order valence-electron chi connectivity index (χ3n) is 5.08. The summed E-state index contributed by atoms with van der Waals surface area (Å²) in [5, 5.41) is 2.96. The number of aryl methyl sites for hydroxylation is 1. The van der Waals surface area contributed by atoms with E-state index in [9.17, 15) is 9.59 Å². The van der Waals surface area contributed by atoms with Gasteiger partial charge in [0.1, 0.15) is 6.04 Å². The lowest BCUT2D eigenvalue weighted by Crippen LogP contribution is -2.49. The van der Waals surface area contributed by atoms with E-state index in [-0.39, 0.29) is 11.8 Å². The Balaban J connectivity index is 2.10. The van der Waals surface area contributed by atoms with Crippen LogP contribution < -0.4 is 5.32 Å². The van der Waals surface area contributed by atoms with Crippen molar-refractivity contribution in [1.29, 1.82) is 0 Å². The quantitative estimate of drug-likeness (QED) is 0.635. The van der Waals surface area contributed by atoms with Crippen LogP contribution >= 0.6 is 0 Å². The molecule has 0 aliphatic rings. The molecule has 0 fully saturated rings.